The number of amides is 1. The smallest absolute Gasteiger partial charge is 0.405 e. The standard InChI is InChI=1S/C14H17N5O2/c1-3-5-10(18-14(20)21)11-6-4-7-12(17-11)13-9(15)8-16-19(13)2/h3-4,6-8,10,18H,1,5,15H2,2H3,(H,20,21). The van der Waals surface area contributed by atoms with E-state index < -0.39 is 12.1 Å². The minimum atomic E-state index is -1.10. The van der Waals surface area contributed by atoms with Crippen LogP contribution in [0.25, 0.3) is 11.4 Å². The average Bonchev–Trinajstić information content (AvgIpc) is 2.77. The van der Waals surface area contributed by atoms with Gasteiger partial charge in [-0.1, -0.05) is 12.1 Å². The van der Waals surface area contributed by atoms with Gasteiger partial charge in [-0.3, -0.25) is 4.68 Å². The number of nitrogens with one attached hydrogen (secondary N) is 1. The van der Waals surface area contributed by atoms with Crippen LogP contribution >= 0.6 is 0 Å². The predicted octanol–water partition coefficient (Wildman–Crippen LogP) is 1.95. The van der Waals surface area contributed by atoms with Gasteiger partial charge in [0.15, 0.2) is 0 Å². The van der Waals surface area contributed by atoms with Gasteiger partial charge in [0.1, 0.15) is 5.69 Å². The predicted molar refractivity (Wildman–Crippen MR) is 79.6 cm³/mol. The zero-order valence-electron chi connectivity index (χ0n) is 11.7. The van der Waals surface area contributed by atoms with Crippen molar-refractivity contribution >= 4 is 11.8 Å². The fraction of sp³-hybridized carbons (Fsp3) is 0.214. The first-order valence-electron chi connectivity index (χ1n) is 6.38. The normalized spacial score (nSPS) is 11.9. The summed E-state index contributed by atoms with van der Waals surface area (Å²) in [5, 5.41) is 15.4. The molecular formula is C14H17N5O2. The summed E-state index contributed by atoms with van der Waals surface area (Å²) in [7, 11) is 1.77. The number of carboxylic acid groups (broad SMARTS) is 1. The van der Waals surface area contributed by atoms with Crippen molar-refractivity contribution in [1.29, 1.82) is 0 Å². The lowest BCUT2D eigenvalue weighted by Crippen LogP contribution is -2.27. The lowest BCUT2D eigenvalue weighted by Gasteiger charge is -2.15. The van der Waals surface area contributed by atoms with Crippen molar-refractivity contribution in [3.05, 3.63) is 42.7 Å². The number of hydrogen-bond acceptors (Lipinski definition) is 4. The Hall–Kier alpha value is -2.83. The van der Waals surface area contributed by atoms with Crippen LogP contribution in [0.4, 0.5) is 10.5 Å². The van der Waals surface area contributed by atoms with Gasteiger partial charge in [0.25, 0.3) is 0 Å². The molecule has 0 saturated heterocycles. The fourth-order valence-electron chi connectivity index (χ4n) is 2.11. The van der Waals surface area contributed by atoms with E-state index in [0.717, 1.165) is 0 Å². The molecule has 1 atom stereocenters. The number of pyridine rings is 1. The molecule has 0 bridgehead atoms. The van der Waals surface area contributed by atoms with Crippen molar-refractivity contribution in [3.8, 4) is 11.4 Å². The van der Waals surface area contributed by atoms with Crippen LogP contribution in [0.1, 0.15) is 18.2 Å². The molecule has 7 heteroatoms. The first-order valence-corrected chi connectivity index (χ1v) is 6.38. The van der Waals surface area contributed by atoms with Gasteiger partial charge in [0, 0.05) is 7.05 Å². The molecule has 1 unspecified atom stereocenters. The van der Waals surface area contributed by atoms with Gasteiger partial charge >= 0.3 is 6.09 Å². The van der Waals surface area contributed by atoms with E-state index in [2.05, 4.69) is 22.0 Å². The Balaban J connectivity index is 2.40. The van der Waals surface area contributed by atoms with Gasteiger partial charge in [0.05, 0.1) is 29.3 Å². The number of nitrogens with two attached hydrogens (primary N) is 1. The van der Waals surface area contributed by atoms with Gasteiger partial charge in [0.2, 0.25) is 0 Å². The molecule has 4 N–H and O–H groups in total. The maximum absolute atomic E-state index is 10.9. The Bertz CT molecular complexity index is 646. The van der Waals surface area contributed by atoms with Crippen molar-refractivity contribution in [2.45, 2.75) is 12.5 Å². The molecular weight excluding hydrogens is 270 g/mol. The second-order valence-electron chi connectivity index (χ2n) is 4.55. The molecule has 7 nitrogen and oxygen atoms in total. The van der Waals surface area contributed by atoms with Gasteiger partial charge in [-0.15, -0.1) is 6.58 Å². The summed E-state index contributed by atoms with van der Waals surface area (Å²) >= 11 is 0. The number of nitrogens with zero attached hydrogens (tertiary/aromatic N) is 3. The summed E-state index contributed by atoms with van der Waals surface area (Å²) in [5.74, 6) is 0. The molecule has 2 aromatic rings. The molecule has 0 fully saturated rings. The van der Waals surface area contributed by atoms with E-state index in [1.54, 1.807) is 30.1 Å². The largest absolute Gasteiger partial charge is 0.465 e. The second-order valence-corrected chi connectivity index (χ2v) is 4.55. The minimum Gasteiger partial charge on any atom is -0.465 e. The van der Waals surface area contributed by atoms with Crippen molar-refractivity contribution in [1.82, 2.24) is 20.1 Å². The highest BCUT2D eigenvalue weighted by atomic mass is 16.4. The van der Waals surface area contributed by atoms with Gasteiger partial charge in [-0.05, 0) is 18.6 Å². The quantitative estimate of drug-likeness (QED) is 0.729. The van der Waals surface area contributed by atoms with Gasteiger partial charge < -0.3 is 16.2 Å². The minimum absolute atomic E-state index is 0.448. The molecule has 0 saturated carbocycles. The highest BCUT2D eigenvalue weighted by Crippen LogP contribution is 2.25. The molecule has 0 spiro atoms. The molecule has 0 aliphatic carbocycles. The summed E-state index contributed by atoms with van der Waals surface area (Å²) in [5.41, 5.74) is 8.36. The average molecular weight is 287 g/mol. The van der Waals surface area contributed by atoms with Crippen LogP contribution < -0.4 is 11.1 Å². The van der Waals surface area contributed by atoms with Crippen LogP contribution in [0.15, 0.2) is 37.1 Å². The van der Waals surface area contributed by atoms with Crippen LogP contribution in [0.3, 0.4) is 0 Å². The van der Waals surface area contributed by atoms with Gasteiger partial charge in [-0.2, -0.15) is 5.10 Å². The molecule has 2 heterocycles. The molecule has 2 aromatic heterocycles. The van der Waals surface area contributed by atoms with Crippen molar-refractivity contribution in [3.63, 3.8) is 0 Å². The van der Waals surface area contributed by atoms with E-state index in [9.17, 15) is 4.79 Å². The molecule has 110 valence electrons. The van der Waals surface area contributed by atoms with Crippen LogP contribution in [-0.2, 0) is 7.05 Å². The zero-order valence-corrected chi connectivity index (χ0v) is 11.7. The number of rotatable bonds is 5. The summed E-state index contributed by atoms with van der Waals surface area (Å²) in [6.45, 7) is 3.64. The number of aromatic nitrogens is 3. The Morgan fingerprint density at radius 3 is 2.95 bits per heavy atom. The lowest BCUT2D eigenvalue weighted by molar-refractivity contribution is 0.189. The Morgan fingerprint density at radius 2 is 2.38 bits per heavy atom. The topological polar surface area (TPSA) is 106 Å². The third kappa shape index (κ3) is 3.19. The number of hydrogen-bond donors (Lipinski definition) is 3. The SMILES string of the molecule is C=CCC(NC(=O)O)c1cccc(-c2c(N)cnn2C)n1. The highest BCUT2D eigenvalue weighted by molar-refractivity contribution is 5.69. The molecule has 0 aliphatic rings. The first-order chi connectivity index (χ1) is 10.0. The van der Waals surface area contributed by atoms with Crippen molar-refractivity contribution in [2.75, 3.05) is 5.73 Å². The maximum Gasteiger partial charge on any atom is 0.405 e. The number of nitrogen functional groups attached to an aromatic ring is 1. The summed E-state index contributed by atoms with van der Waals surface area (Å²) < 4.78 is 1.63. The Morgan fingerprint density at radius 1 is 1.62 bits per heavy atom. The van der Waals surface area contributed by atoms with E-state index in [1.165, 1.54) is 0 Å². The fourth-order valence-corrected chi connectivity index (χ4v) is 2.11. The van der Waals surface area contributed by atoms with Crippen molar-refractivity contribution in [2.24, 2.45) is 7.05 Å². The van der Waals surface area contributed by atoms with E-state index in [1.807, 2.05) is 12.1 Å². The monoisotopic (exact) mass is 287 g/mol. The van der Waals surface area contributed by atoms with Crippen LogP contribution in [-0.4, -0.2) is 26.0 Å². The van der Waals surface area contributed by atoms with E-state index >= 15 is 0 Å². The lowest BCUT2D eigenvalue weighted by atomic mass is 10.1. The molecule has 1 amide bonds. The van der Waals surface area contributed by atoms with Gasteiger partial charge in [-0.25, -0.2) is 9.78 Å². The molecule has 0 radical (unpaired) electrons. The van der Waals surface area contributed by atoms with E-state index in [0.29, 0.717) is 29.2 Å². The van der Waals surface area contributed by atoms with E-state index in [4.69, 9.17) is 10.8 Å². The van der Waals surface area contributed by atoms with Crippen molar-refractivity contribution < 1.29 is 9.90 Å². The summed E-state index contributed by atoms with van der Waals surface area (Å²) in [6.07, 6.45) is 2.55. The first kappa shape index (κ1) is 14.6. The third-order valence-corrected chi connectivity index (χ3v) is 3.04. The molecule has 2 rings (SSSR count). The van der Waals surface area contributed by atoms with Crippen LogP contribution in [0.2, 0.25) is 0 Å². The van der Waals surface area contributed by atoms with E-state index in [-0.39, 0.29) is 0 Å². The third-order valence-electron chi connectivity index (χ3n) is 3.04. The highest BCUT2D eigenvalue weighted by Gasteiger charge is 2.16. The Kier molecular flexibility index (Phi) is 4.22. The van der Waals surface area contributed by atoms with Crippen LogP contribution in [0, 0.1) is 0 Å². The molecule has 0 aromatic carbocycles. The summed E-state index contributed by atoms with van der Waals surface area (Å²) in [4.78, 5) is 15.4. The van der Waals surface area contributed by atoms with Crippen LogP contribution in [0.5, 0.6) is 0 Å². The Labute approximate surface area is 122 Å². The second kappa shape index (κ2) is 6.08. The summed E-state index contributed by atoms with van der Waals surface area (Å²) in [6, 6.07) is 4.93. The zero-order chi connectivity index (χ0) is 15.4. The maximum atomic E-state index is 10.9. The number of anilines is 1. The molecule has 21 heavy (non-hydrogen) atoms. The number of carbonyl (C=O) groups is 1. The molecule has 0 aliphatic heterocycles. The number of aryl methyl sites for hydroxylation is 1.